The number of hydrogen-bond donors (Lipinski definition) is 0. The molecule has 114 valence electrons. The summed E-state index contributed by atoms with van der Waals surface area (Å²) in [6.07, 6.45) is 0. The maximum Gasteiger partial charge on any atom is 0.133 e. The van der Waals surface area contributed by atoms with E-state index in [4.69, 9.17) is 4.74 Å². The summed E-state index contributed by atoms with van der Waals surface area (Å²) < 4.78 is 5.76. The molecule has 5 nitrogen and oxygen atoms in total. The third kappa shape index (κ3) is 3.63. The van der Waals surface area contributed by atoms with Crippen molar-refractivity contribution in [1.82, 2.24) is 0 Å². The Balaban J connectivity index is 2.27. The molecule has 0 atom stereocenters. The predicted molar refractivity (Wildman–Crippen MR) is 80.5 cm³/mol. The molecule has 0 amide bonds. The Hall–Kier alpha value is -2.82. The summed E-state index contributed by atoms with van der Waals surface area (Å²) >= 11 is 0. The van der Waals surface area contributed by atoms with Crippen molar-refractivity contribution in [3.8, 4) is 5.75 Å². The zero-order valence-corrected chi connectivity index (χ0v) is 12.4. The van der Waals surface area contributed by atoms with Crippen molar-refractivity contribution in [2.24, 2.45) is 5.16 Å². The molecular weight excluding hydrogens is 282 g/mol. The summed E-state index contributed by atoms with van der Waals surface area (Å²) in [5, 5.41) is 14.7. The molecule has 0 radical (unpaired) electrons. The van der Waals surface area contributed by atoms with Gasteiger partial charge in [0.1, 0.15) is 25.2 Å². The lowest BCUT2D eigenvalue weighted by Crippen LogP contribution is -2.33. The van der Waals surface area contributed by atoms with E-state index in [1.54, 1.807) is 24.3 Å². The van der Waals surface area contributed by atoms with Crippen LogP contribution in [0.5, 0.6) is 5.75 Å². The molecule has 2 aromatic carbocycles. The highest BCUT2D eigenvalue weighted by Crippen LogP contribution is 2.19. The molecule has 2 rings (SSSR count). The molecule has 22 heavy (non-hydrogen) atoms. The molecule has 0 unspecified atom stereocenters. The number of aryl methyl sites for hydroxylation is 1. The van der Waals surface area contributed by atoms with E-state index in [0.29, 0.717) is 11.1 Å². The summed E-state index contributed by atoms with van der Waals surface area (Å²) in [7, 11) is 1.29. The fourth-order valence-corrected chi connectivity index (χ4v) is 2.04. The van der Waals surface area contributed by atoms with E-state index in [0.717, 1.165) is 11.3 Å². The van der Waals surface area contributed by atoms with E-state index in [2.05, 4.69) is 9.99 Å². The topological polar surface area (TPSA) is 71.0 Å². The Morgan fingerprint density at radius 2 is 1.82 bits per heavy atom. The quantitative estimate of drug-likeness (QED) is 0.601. The van der Waals surface area contributed by atoms with Crippen LogP contribution in [0.2, 0.25) is 0 Å². The van der Waals surface area contributed by atoms with Gasteiger partial charge in [0, 0.05) is 5.56 Å². The number of oxime groups is 1. The lowest BCUT2D eigenvalue weighted by molar-refractivity contribution is -0.294. The monoisotopic (exact) mass is 298 g/mol. The van der Waals surface area contributed by atoms with Gasteiger partial charge in [-0.3, -0.25) is 0 Å². The minimum Gasteiger partial charge on any atom is -0.543 e. The van der Waals surface area contributed by atoms with Crippen LogP contribution in [0.15, 0.2) is 53.7 Å². The highest BCUT2D eigenvalue weighted by atomic mass is 16.6. The molecule has 2 aromatic rings. The molecule has 0 aliphatic carbocycles. The van der Waals surface area contributed by atoms with Crippen molar-refractivity contribution in [3.05, 3.63) is 65.2 Å². The largest absolute Gasteiger partial charge is 0.543 e. The zero-order chi connectivity index (χ0) is 15.9. The molecular formula is C17H16NO4-. The number of carbonyl (C=O) groups is 1. The van der Waals surface area contributed by atoms with Gasteiger partial charge in [-0.05, 0) is 24.1 Å². The van der Waals surface area contributed by atoms with Crippen molar-refractivity contribution < 1.29 is 19.5 Å². The molecule has 5 heteroatoms. The van der Waals surface area contributed by atoms with Crippen molar-refractivity contribution in [2.75, 3.05) is 7.11 Å². The molecule has 0 saturated carbocycles. The van der Waals surface area contributed by atoms with Gasteiger partial charge < -0.3 is 19.5 Å². The first kappa shape index (κ1) is 15.6. The van der Waals surface area contributed by atoms with Crippen molar-refractivity contribution in [1.29, 1.82) is 0 Å². The number of ether oxygens (including phenoxy) is 1. The second kappa shape index (κ2) is 7.26. The van der Waals surface area contributed by atoms with Crippen molar-refractivity contribution in [3.63, 3.8) is 0 Å². The van der Waals surface area contributed by atoms with Gasteiger partial charge in [0.05, 0.1) is 5.97 Å². The van der Waals surface area contributed by atoms with Crippen molar-refractivity contribution >= 4 is 11.7 Å². The smallest absolute Gasteiger partial charge is 0.133 e. The molecule has 0 aromatic heterocycles. The molecule has 0 fully saturated rings. The summed E-state index contributed by atoms with van der Waals surface area (Å²) in [5.74, 6) is -0.652. The van der Waals surface area contributed by atoms with Gasteiger partial charge in [0.2, 0.25) is 0 Å². The van der Waals surface area contributed by atoms with Crippen LogP contribution in [0.1, 0.15) is 16.7 Å². The summed E-state index contributed by atoms with van der Waals surface area (Å²) in [6.45, 7) is 2.16. The maximum atomic E-state index is 11.2. The Morgan fingerprint density at radius 1 is 1.14 bits per heavy atom. The van der Waals surface area contributed by atoms with Gasteiger partial charge in [0.25, 0.3) is 0 Å². The van der Waals surface area contributed by atoms with Crippen LogP contribution in [0.3, 0.4) is 0 Å². The average molecular weight is 298 g/mol. The van der Waals surface area contributed by atoms with Crippen LogP contribution in [0.25, 0.3) is 0 Å². The molecule has 0 aliphatic rings. The fourth-order valence-electron chi connectivity index (χ4n) is 2.04. The van der Waals surface area contributed by atoms with Crippen LogP contribution < -0.4 is 9.84 Å². The first-order valence-corrected chi connectivity index (χ1v) is 6.72. The van der Waals surface area contributed by atoms with Gasteiger partial charge in [-0.2, -0.15) is 0 Å². The van der Waals surface area contributed by atoms with Gasteiger partial charge in [-0.15, -0.1) is 0 Å². The van der Waals surface area contributed by atoms with Crippen LogP contribution in [0, 0.1) is 6.92 Å². The lowest BCUT2D eigenvalue weighted by atomic mass is 10.0. The Morgan fingerprint density at radius 3 is 2.50 bits per heavy atom. The second-order valence-electron chi connectivity index (χ2n) is 4.62. The number of aliphatic carboxylic acids is 1. The summed E-state index contributed by atoms with van der Waals surface area (Å²) in [6, 6.07) is 14.6. The van der Waals surface area contributed by atoms with Crippen LogP contribution in [0.4, 0.5) is 0 Å². The number of carboxylic acid groups (broad SMARTS) is 1. The molecule has 0 heterocycles. The van der Waals surface area contributed by atoms with Gasteiger partial charge in [0.15, 0.2) is 0 Å². The van der Waals surface area contributed by atoms with E-state index in [1.165, 1.54) is 7.11 Å². The van der Waals surface area contributed by atoms with Crippen LogP contribution in [-0.2, 0) is 16.2 Å². The molecule has 0 saturated heterocycles. The minimum absolute atomic E-state index is 0.219. The minimum atomic E-state index is -1.40. The van der Waals surface area contributed by atoms with Crippen LogP contribution in [-0.4, -0.2) is 18.8 Å². The average Bonchev–Trinajstić information content (AvgIpc) is 2.52. The number of carboxylic acids is 1. The fraction of sp³-hybridized carbons (Fsp3) is 0.176. The van der Waals surface area contributed by atoms with E-state index < -0.39 is 5.97 Å². The maximum absolute atomic E-state index is 11.2. The van der Waals surface area contributed by atoms with E-state index in [-0.39, 0.29) is 12.3 Å². The van der Waals surface area contributed by atoms with E-state index in [1.807, 2.05) is 31.2 Å². The third-order valence-electron chi connectivity index (χ3n) is 3.13. The SMILES string of the molecule is CO/N=C(/C(=O)[O-])c1ccccc1COc1ccccc1C. The standard InChI is InChI=1S/C17H17NO4/c1-12-7-3-6-10-15(12)22-11-13-8-4-5-9-14(13)16(17(19)20)18-21-2/h3-10H,11H2,1-2H3,(H,19,20)/p-1/b18-16+. The Bertz CT molecular complexity index is 695. The molecule has 0 spiro atoms. The van der Waals surface area contributed by atoms with Gasteiger partial charge in [-0.25, -0.2) is 0 Å². The highest BCUT2D eigenvalue weighted by Gasteiger charge is 2.12. The molecule has 0 N–H and O–H groups in total. The third-order valence-corrected chi connectivity index (χ3v) is 3.13. The predicted octanol–water partition coefficient (Wildman–Crippen LogP) is 1.67. The summed E-state index contributed by atoms with van der Waals surface area (Å²) in [5.41, 5.74) is 1.85. The van der Waals surface area contributed by atoms with Gasteiger partial charge >= 0.3 is 0 Å². The van der Waals surface area contributed by atoms with E-state index in [9.17, 15) is 9.90 Å². The number of carbonyl (C=O) groups excluding carboxylic acids is 1. The highest BCUT2D eigenvalue weighted by molar-refractivity contribution is 6.41. The number of rotatable bonds is 6. The first-order chi connectivity index (χ1) is 10.6. The van der Waals surface area contributed by atoms with Gasteiger partial charge in [-0.1, -0.05) is 47.6 Å². The molecule has 0 bridgehead atoms. The second-order valence-corrected chi connectivity index (χ2v) is 4.62. The Kier molecular flexibility index (Phi) is 5.14. The van der Waals surface area contributed by atoms with Crippen LogP contribution >= 0.6 is 0 Å². The first-order valence-electron chi connectivity index (χ1n) is 6.72. The summed E-state index contributed by atoms with van der Waals surface area (Å²) in [4.78, 5) is 15.8. The normalized spacial score (nSPS) is 11.1. The van der Waals surface area contributed by atoms with E-state index >= 15 is 0 Å². The number of nitrogens with zero attached hydrogens (tertiary/aromatic N) is 1. The Labute approximate surface area is 128 Å². The van der Waals surface area contributed by atoms with Crippen molar-refractivity contribution in [2.45, 2.75) is 13.5 Å². The molecule has 0 aliphatic heterocycles. The zero-order valence-electron chi connectivity index (χ0n) is 12.4. The lowest BCUT2D eigenvalue weighted by Gasteiger charge is -2.14. The number of para-hydroxylation sites is 1. The number of hydrogen-bond acceptors (Lipinski definition) is 5. The number of benzene rings is 2.